The summed E-state index contributed by atoms with van der Waals surface area (Å²) in [4.78, 5) is 28.6. The Morgan fingerprint density at radius 1 is 0.720 bits per heavy atom. The molecular formula is C36H32N12Pt2. The zero-order valence-electron chi connectivity index (χ0n) is 27.5. The van der Waals surface area contributed by atoms with Crippen molar-refractivity contribution in [2.75, 3.05) is 0 Å². The minimum atomic E-state index is 0. The van der Waals surface area contributed by atoms with Gasteiger partial charge in [0, 0.05) is 38.2 Å². The zero-order valence-corrected chi connectivity index (χ0v) is 32.1. The number of rotatable bonds is 2. The van der Waals surface area contributed by atoms with Crippen molar-refractivity contribution in [2.24, 2.45) is 28.2 Å². The molecule has 50 heavy (non-hydrogen) atoms. The fourth-order valence-corrected chi connectivity index (χ4v) is 5.39. The van der Waals surface area contributed by atoms with E-state index in [1.54, 1.807) is 31.4 Å². The van der Waals surface area contributed by atoms with Crippen molar-refractivity contribution in [3.05, 3.63) is 129 Å². The Bertz CT molecular complexity index is 2490. The summed E-state index contributed by atoms with van der Waals surface area (Å²) in [5.74, 6) is 0.798. The van der Waals surface area contributed by atoms with Crippen LogP contribution in [0.5, 0.6) is 0 Å². The van der Waals surface area contributed by atoms with Crippen LogP contribution in [0, 0.1) is 12.4 Å². The second-order valence-electron chi connectivity index (χ2n) is 11.2. The van der Waals surface area contributed by atoms with Gasteiger partial charge in [0.1, 0.15) is 0 Å². The Hall–Kier alpha value is -5.18. The third kappa shape index (κ3) is 7.51. The van der Waals surface area contributed by atoms with Crippen LogP contribution in [-0.2, 0) is 70.3 Å². The number of imidazole rings is 4. The topological polar surface area (TPSA) is 120 Å². The molecule has 8 heterocycles. The molecule has 0 saturated carbocycles. The minimum Gasteiger partial charge on any atom is -0.472 e. The molecule has 1 N–H and O–H groups in total. The number of nitrogens with one attached hydrogen (secondary N) is 1. The van der Waals surface area contributed by atoms with E-state index in [9.17, 15) is 0 Å². The third-order valence-electron chi connectivity index (χ3n) is 7.70. The Labute approximate surface area is 316 Å². The number of aromatic nitrogens is 12. The molecule has 0 unspecified atom stereocenters. The normalized spacial score (nSPS) is 10.5. The van der Waals surface area contributed by atoms with Gasteiger partial charge in [-0.3, -0.25) is 0 Å². The first-order valence-electron chi connectivity index (χ1n) is 15.2. The number of aromatic amines is 1. The molecule has 0 atom stereocenters. The fraction of sp³-hybridized carbons (Fsp3) is 0.111. The molecule has 0 spiro atoms. The monoisotopic (exact) mass is 1020 g/mol. The number of para-hydroxylation sites is 2. The molecule has 0 amide bonds. The SMILES string of the molecule is Cn1c[c-]nc1.Cn1ccnc1.Cn1cnc(-c2cccc3c2[n-]c2c3ccn2-c2n[c-]cn2C)c1.[Pt+2].[Pt+2].c1ccc2c(c1)[n-]c1[nH]ccc12. The van der Waals surface area contributed by atoms with Gasteiger partial charge < -0.3 is 47.8 Å². The summed E-state index contributed by atoms with van der Waals surface area (Å²) in [5, 5.41) is 4.69. The summed E-state index contributed by atoms with van der Waals surface area (Å²) >= 11 is 0. The van der Waals surface area contributed by atoms with Crippen LogP contribution in [-0.4, -0.2) is 47.8 Å². The summed E-state index contributed by atoms with van der Waals surface area (Å²) < 4.78 is 9.59. The van der Waals surface area contributed by atoms with Gasteiger partial charge in [-0.1, -0.05) is 97.0 Å². The molecule has 0 radical (unpaired) electrons. The third-order valence-corrected chi connectivity index (χ3v) is 7.70. The zero-order chi connectivity index (χ0) is 33.0. The number of fused-ring (bicyclic) bond motifs is 6. The van der Waals surface area contributed by atoms with E-state index in [2.05, 4.69) is 78.7 Å². The predicted molar refractivity (Wildman–Crippen MR) is 186 cm³/mol. The molecule has 0 aliphatic heterocycles. The molecule has 0 bridgehead atoms. The number of aryl methyl sites for hydroxylation is 4. The van der Waals surface area contributed by atoms with Gasteiger partial charge in [-0.15, -0.1) is 12.4 Å². The molecule has 10 rings (SSSR count). The van der Waals surface area contributed by atoms with E-state index in [-0.39, 0.29) is 42.1 Å². The molecule has 0 aliphatic carbocycles. The van der Waals surface area contributed by atoms with Crippen LogP contribution in [0.2, 0.25) is 0 Å². The van der Waals surface area contributed by atoms with Crippen LogP contribution in [0.4, 0.5) is 0 Å². The van der Waals surface area contributed by atoms with Crippen molar-refractivity contribution in [1.82, 2.24) is 57.7 Å². The fourth-order valence-electron chi connectivity index (χ4n) is 5.39. The van der Waals surface area contributed by atoms with Crippen LogP contribution >= 0.6 is 0 Å². The Kier molecular flexibility index (Phi) is 11.6. The summed E-state index contributed by atoms with van der Waals surface area (Å²) in [6.07, 6.45) is 23.9. The van der Waals surface area contributed by atoms with E-state index < -0.39 is 0 Å². The van der Waals surface area contributed by atoms with Crippen molar-refractivity contribution in [2.45, 2.75) is 0 Å². The quantitative estimate of drug-likeness (QED) is 0.226. The van der Waals surface area contributed by atoms with Gasteiger partial charge in [0.05, 0.1) is 18.3 Å². The maximum absolute atomic E-state index is 4.90. The average Bonchev–Trinajstić information content (AvgIpc) is 3.92. The molecule has 8 aromatic heterocycles. The summed E-state index contributed by atoms with van der Waals surface area (Å²) in [6, 6.07) is 18.5. The van der Waals surface area contributed by atoms with Crippen LogP contribution in [0.1, 0.15) is 0 Å². The predicted octanol–water partition coefficient (Wildman–Crippen LogP) is 5.59. The van der Waals surface area contributed by atoms with Crippen molar-refractivity contribution in [3.8, 4) is 17.2 Å². The number of nitrogens with zero attached hydrogens (tertiary/aromatic N) is 11. The largest absolute Gasteiger partial charge is 2.00 e. The van der Waals surface area contributed by atoms with E-state index in [4.69, 9.17) is 4.98 Å². The molecule has 14 heteroatoms. The first-order chi connectivity index (χ1) is 23.5. The van der Waals surface area contributed by atoms with E-state index in [1.807, 2.05) is 100 Å². The average molecular weight is 1020 g/mol. The molecule has 12 nitrogen and oxygen atoms in total. The van der Waals surface area contributed by atoms with Gasteiger partial charge >= 0.3 is 42.1 Å². The van der Waals surface area contributed by atoms with Gasteiger partial charge in [-0.25, -0.2) is 9.97 Å². The van der Waals surface area contributed by atoms with E-state index >= 15 is 0 Å². The Morgan fingerprint density at radius 3 is 2.20 bits per heavy atom. The minimum absolute atomic E-state index is 0. The van der Waals surface area contributed by atoms with Crippen LogP contribution in [0.15, 0.2) is 117 Å². The van der Waals surface area contributed by atoms with Crippen LogP contribution < -0.4 is 9.97 Å². The molecular weight excluding hydrogens is 991 g/mol. The first kappa shape index (κ1) is 36.1. The maximum atomic E-state index is 4.90. The van der Waals surface area contributed by atoms with Crippen LogP contribution in [0.3, 0.4) is 0 Å². The summed E-state index contributed by atoms with van der Waals surface area (Å²) in [7, 11) is 7.76. The Balaban J connectivity index is 0.000000155. The first-order valence-corrected chi connectivity index (χ1v) is 15.2. The summed E-state index contributed by atoms with van der Waals surface area (Å²) in [6.45, 7) is 0. The molecule has 0 saturated heterocycles. The number of hydrogen-bond acceptors (Lipinski definition) is 4. The molecule has 256 valence electrons. The number of benzene rings is 2. The van der Waals surface area contributed by atoms with Gasteiger partial charge in [0.15, 0.2) is 0 Å². The van der Waals surface area contributed by atoms with E-state index in [0.717, 1.165) is 50.3 Å². The van der Waals surface area contributed by atoms with Gasteiger partial charge in [-0.2, -0.15) is 0 Å². The second-order valence-corrected chi connectivity index (χ2v) is 11.2. The molecule has 0 fully saturated rings. The van der Waals surface area contributed by atoms with Crippen molar-refractivity contribution in [3.63, 3.8) is 0 Å². The van der Waals surface area contributed by atoms with Crippen molar-refractivity contribution in [1.29, 1.82) is 0 Å². The maximum Gasteiger partial charge on any atom is 2.00 e. The standard InChI is InChI=1S/C18H14N6.C10H7N2.C4H6N2.C4H5N2.2Pt/c1-22-10-15(20-11-22)14-5-3-4-12-13-6-8-24(17(13)21-16(12)14)18-19-7-9-23(18)2;1-2-4-9-7(3-1)8-5-6-11-10(8)12-9;2*1-6-3-2-5-4-6;;/h3-6,8-11H,1-2H3;1-6,11H;2-4H,1H3;3-4H,1H3;;/q-2;-1;;-1;2*+2. The number of hydrogen-bond donors (Lipinski definition) is 1. The smallest absolute Gasteiger partial charge is 0.472 e. The van der Waals surface area contributed by atoms with Crippen molar-refractivity contribution >= 4 is 43.9 Å². The van der Waals surface area contributed by atoms with Gasteiger partial charge in [0.2, 0.25) is 0 Å². The molecule has 2 aromatic carbocycles. The summed E-state index contributed by atoms with van der Waals surface area (Å²) in [5.41, 5.74) is 5.89. The molecule has 10 aromatic rings. The second kappa shape index (κ2) is 16.0. The van der Waals surface area contributed by atoms with Gasteiger partial charge in [-0.05, 0) is 52.6 Å². The van der Waals surface area contributed by atoms with Gasteiger partial charge in [0.25, 0.3) is 0 Å². The van der Waals surface area contributed by atoms with Crippen LogP contribution in [0.25, 0.3) is 61.1 Å². The Morgan fingerprint density at radius 2 is 1.56 bits per heavy atom. The van der Waals surface area contributed by atoms with E-state index in [1.165, 1.54) is 10.8 Å². The number of H-pyrrole nitrogens is 1. The molecule has 0 aliphatic rings. The van der Waals surface area contributed by atoms with Crippen molar-refractivity contribution < 1.29 is 42.1 Å². The van der Waals surface area contributed by atoms with E-state index in [0.29, 0.717) is 0 Å².